The number of hydrogen-bond donors (Lipinski definition) is 2. The molecule has 0 unspecified atom stereocenters. The van der Waals surface area contributed by atoms with E-state index in [4.69, 9.17) is 4.74 Å². The number of aromatic nitrogens is 1. The number of anilines is 1. The molecule has 3 fully saturated rings. The van der Waals surface area contributed by atoms with Gasteiger partial charge in [0.2, 0.25) is 0 Å². The third-order valence-electron chi connectivity index (χ3n) is 10.1. The Balaban J connectivity index is 1.07. The summed E-state index contributed by atoms with van der Waals surface area (Å²) in [6, 6.07) is 10.4. The molecule has 2 N–H and O–H groups in total. The Bertz CT molecular complexity index is 1360. The Kier molecular flexibility index (Phi) is 9.85. The molecule has 0 bridgehead atoms. The number of likely N-dealkylation sites (tertiary alicyclic amines) is 1. The van der Waals surface area contributed by atoms with Crippen LogP contribution in [0.15, 0.2) is 36.5 Å². The summed E-state index contributed by atoms with van der Waals surface area (Å²) in [6.45, 7) is 10.6. The maximum atomic E-state index is 13.9. The summed E-state index contributed by atoms with van der Waals surface area (Å²) in [5, 5.41) is 6.48. The summed E-state index contributed by atoms with van der Waals surface area (Å²) in [6.07, 6.45) is 5.03. The average Bonchev–Trinajstić information content (AvgIpc) is 3.24. The lowest BCUT2D eigenvalue weighted by Gasteiger charge is -2.41. The van der Waals surface area contributed by atoms with Gasteiger partial charge in [-0.2, -0.15) is 0 Å². The van der Waals surface area contributed by atoms with Crippen molar-refractivity contribution in [3.05, 3.63) is 58.9 Å². The van der Waals surface area contributed by atoms with Gasteiger partial charge in [0, 0.05) is 81.9 Å². The predicted molar refractivity (Wildman–Crippen MR) is 172 cm³/mol. The topological polar surface area (TPSA) is 110 Å². The second kappa shape index (κ2) is 14.2. The van der Waals surface area contributed by atoms with Crippen LogP contribution in [0.2, 0.25) is 0 Å². The van der Waals surface area contributed by atoms with Crippen molar-refractivity contribution in [3.63, 3.8) is 0 Å². The summed E-state index contributed by atoms with van der Waals surface area (Å²) >= 11 is 0. The number of piperidine rings is 2. The van der Waals surface area contributed by atoms with E-state index in [1.165, 1.54) is 0 Å². The van der Waals surface area contributed by atoms with Crippen molar-refractivity contribution in [2.75, 3.05) is 64.2 Å². The molecule has 45 heavy (non-hydrogen) atoms. The molecule has 0 radical (unpaired) electrons. The van der Waals surface area contributed by atoms with Gasteiger partial charge < -0.3 is 30.1 Å². The van der Waals surface area contributed by atoms with Crippen LogP contribution in [0.4, 0.5) is 15.3 Å². The summed E-state index contributed by atoms with van der Waals surface area (Å²) in [5.41, 5.74) is 4.92. The summed E-state index contributed by atoms with van der Waals surface area (Å²) in [4.78, 5) is 53.0. The lowest BCUT2D eigenvalue weighted by atomic mass is 10.0. The van der Waals surface area contributed by atoms with Crippen LogP contribution < -0.4 is 10.6 Å². The van der Waals surface area contributed by atoms with E-state index < -0.39 is 12.2 Å². The van der Waals surface area contributed by atoms with Crippen molar-refractivity contribution >= 4 is 23.7 Å². The molecule has 5 heterocycles. The van der Waals surface area contributed by atoms with Gasteiger partial charge >= 0.3 is 12.1 Å². The van der Waals surface area contributed by atoms with Gasteiger partial charge in [0.25, 0.3) is 5.91 Å². The number of ether oxygens (including phenoxy) is 1. The van der Waals surface area contributed by atoms with Crippen LogP contribution in [-0.4, -0.2) is 120 Å². The van der Waals surface area contributed by atoms with Crippen molar-refractivity contribution in [2.45, 2.75) is 70.6 Å². The fourth-order valence-electron chi connectivity index (χ4n) is 7.14. The van der Waals surface area contributed by atoms with Crippen molar-refractivity contribution in [1.29, 1.82) is 0 Å². The van der Waals surface area contributed by atoms with E-state index in [1.54, 1.807) is 4.90 Å². The Hall–Kier alpha value is -3.70. The molecule has 11 nitrogen and oxygen atoms in total. The molecule has 0 spiro atoms. The fourth-order valence-corrected chi connectivity index (χ4v) is 7.14. The van der Waals surface area contributed by atoms with Gasteiger partial charge in [-0.25, -0.2) is 9.59 Å². The number of piperazine rings is 1. The quantitative estimate of drug-likeness (QED) is 0.513. The number of urea groups is 1. The van der Waals surface area contributed by atoms with Crippen molar-refractivity contribution < 1.29 is 19.1 Å². The monoisotopic (exact) mass is 617 g/mol. The molecule has 1 aromatic carbocycles. The minimum absolute atomic E-state index is 0.0387. The highest BCUT2D eigenvalue weighted by molar-refractivity contribution is 5.91. The number of aryl methyl sites for hydroxylation is 2. The normalized spacial score (nSPS) is 21.1. The minimum atomic E-state index is -0.940. The number of pyridine rings is 1. The average molecular weight is 618 g/mol. The number of fused-ring (bicyclic) bond motifs is 1. The molecular weight excluding hydrogens is 570 g/mol. The van der Waals surface area contributed by atoms with E-state index >= 15 is 0 Å². The zero-order valence-electron chi connectivity index (χ0n) is 26.7. The number of carbonyl (C=O) groups excluding carboxylic acids is 3. The fraction of sp³-hybridized carbons (Fsp3) is 0.588. The minimum Gasteiger partial charge on any atom is -0.436 e. The first-order valence-corrected chi connectivity index (χ1v) is 16.6. The third-order valence-corrected chi connectivity index (χ3v) is 10.1. The van der Waals surface area contributed by atoms with Crippen LogP contribution in [0.1, 0.15) is 48.1 Å². The number of rotatable bonds is 6. The van der Waals surface area contributed by atoms with E-state index in [2.05, 4.69) is 26.6 Å². The number of carbonyl (C=O) groups is 3. The summed E-state index contributed by atoms with van der Waals surface area (Å²) in [7, 11) is 0. The van der Waals surface area contributed by atoms with E-state index in [1.807, 2.05) is 54.1 Å². The van der Waals surface area contributed by atoms with Crippen molar-refractivity contribution in [2.24, 2.45) is 0 Å². The molecule has 3 saturated heterocycles. The molecular formula is C34H47N7O4. The number of hydrogen-bond acceptors (Lipinski definition) is 7. The Morgan fingerprint density at radius 1 is 0.911 bits per heavy atom. The summed E-state index contributed by atoms with van der Waals surface area (Å²) < 4.78 is 6.03. The van der Waals surface area contributed by atoms with E-state index in [9.17, 15) is 14.4 Å². The molecule has 242 valence electrons. The van der Waals surface area contributed by atoms with Gasteiger partial charge in [-0.3, -0.25) is 14.7 Å². The molecule has 1 atom stereocenters. The van der Waals surface area contributed by atoms with E-state index in [0.29, 0.717) is 51.6 Å². The second-order valence-corrected chi connectivity index (χ2v) is 12.9. The molecule has 11 heteroatoms. The van der Waals surface area contributed by atoms with Crippen LogP contribution >= 0.6 is 0 Å². The maximum absolute atomic E-state index is 13.9. The Labute approximate surface area is 266 Å². The Morgan fingerprint density at radius 2 is 1.64 bits per heavy atom. The first-order chi connectivity index (χ1) is 21.9. The van der Waals surface area contributed by atoms with Gasteiger partial charge in [0.05, 0.1) is 0 Å². The zero-order valence-corrected chi connectivity index (χ0v) is 26.7. The third kappa shape index (κ3) is 7.41. The number of para-hydroxylation sites is 1. The molecule has 2 aromatic rings. The number of amides is 4. The second-order valence-electron chi connectivity index (χ2n) is 12.9. The van der Waals surface area contributed by atoms with E-state index in [-0.39, 0.29) is 24.4 Å². The smallest absolute Gasteiger partial charge is 0.410 e. The van der Waals surface area contributed by atoms with Crippen LogP contribution in [0.3, 0.4) is 0 Å². The molecule has 1 aromatic heterocycles. The number of nitrogens with one attached hydrogen (secondary N) is 2. The van der Waals surface area contributed by atoms with Crippen LogP contribution in [0, 0.1) is 13.8 Å². The highest BCUT2D eigenvalue weighted by Gasteiger charge is 2.36. The van der Waals surface area contributed by atoms with Gasteiger partial charge in [-0.1, -0.05) is 18.2 Å². The zero-order chi connectivity index (χ0) is 31.3. The maximum Gasteiger partial charge on any atom is 0.410 e. The van der Waals surface area contributed by atoms with Gasteiger partial charge in [0.1, 0.15) is 0 Å². The lowest BCUT2D eigenvalue weighted by Crippen LogP contribution is -2.56. The van der Waals surface area contributed by atoms with Crippen LogP contribution in [-0.2, 0) is 22.4 Å². The first-order valence-electron chi connectivity index (χ1n) is 16.6. The van der Waals surface area contributed by atoms with Gasteiger partial charge in [0.15, 0.2) is 6.10 Å². The van der Waals surface area contributed by atoms with E-state index in [0.717, 1.165) is 73.5 Å². The largest absolute Gasteiger partial charge is 0.436 e. The molecule has 6 rings (SSSR count). The molecule has 0 aliphatic carbocycles. The lowest BCUT2D eigenvalue weighted by molar-refractivity contribution is -0.143. The van der Waals surface area contributed by atoms with Crippen molar-refractivity contribution in [3.8, 4) is 0 Å². The molecule has 4 amide bonds. The first kappa shape index (κ1) is 31.3. The van der Waals surface area contributed by atoms with Crippen LogP contribution in [0.5, 0.6) is 0 Å². The number of benzene rings is 1. The van der Waals surface area contributed by atoms with Gasteiger partial charge in [-0.15, -0.1) is 0 Å². The summed E-state index contributed by atoms with van der Waals surface area (Å²) in [5.74, 6) is -0.149. The predicted octanol–water partition coefficient (Wildman–Crippen LogP) is 3.20. The SMILES string of the molecule is Cc1cnc(C[C@@H](OC(=O)N2CCC(N3CCc4ccccc4NC3=O)CC2)C(=O)N2CCN(C3CCNCC3)CC2)cc1C. The highest BCUT2D eigenvalue weighted by Crippen LogP contribution is 2.25. The standard InChI is InChI=1S/C34H47N7O4/c1-24-21-27(36-23-25(24)2)22-31(32(42)39-19-17-38(18-20-39)28-7-12-35-13-8-28)45-34(44)40-14-10-29(11-15-40)41-16-9-26-5-3-4-6-30(26)37-33(41)43/h3-6,21,23,28-29,31,35H,7-20,22H2,1-2H3,(H,37,43)/t31-/m1/s1. The molecule has 4 aliphatic heterocycles. The number of nitrogens with zero attached hydrogens (tertiary/aromatic N) is 5. The van der Waals surface area contributed by atoms with Crippen molar-refractivity contribution in [1.82, 2.24) is 29.9 Å². The highest BCUT2D eigenvalue weighted by atomic mass is 16.6. The Morgan fingerprint density at radius 3 is 2.38 bits per heavy atom. The van der Waals surface area contributed by atoms with Crippen LogP contribution in [0.25, 0.3) is 0 Å². The van der Waals surface area contributed by atoms with Gasteiger partial charge in [-0.05, 0) is 87.9 Å². The molecule has 0 saturated carbocycles. The molecule has 4 aliphatic rings.